The molecule has 0 fully saturated rings. The summed E-state index contributed by atoms with van der Waals surface area (Å²) in [6.45, 7) is 4.37. The molecule has 10 heteroatoms. The maximum atomic E-state index is 11.4. The van der Waals surface area contributed by atoms with E-state index in [1.165, 1.54) is 31.2 Å². The number of hydrogen-bond donors (Lipinski definition) is 0. The Kier molecular flexibility index (Phi) is 9.09. The van der Waals surface area contributed by atoms with Crippen LogP contribution < -0.4 is 4.90 Å². The summed E-state index contributed by atoms with van der Waals surface area (Å²) >= 11 is 0. The first-order valence-electron chi connectivity index (χ1n) is 9.69. The molecule has 164 valence electrons. The van der Waals surface area contributed by atoms with Crippen LogP contribution in [-0.4, -0.2) is 43.2 Å². The highest BCUT2D eigenvalue weighted by molar-refractivity contribution is 5.69. The van der Waals surface area contributed by atoms with Crippen molar-refractivity contribution in [2.75, 3.05) is 31.2 Å². The van der Waals surface area contributed by atoms with E-state index in [-0.39, 0.29) is 30.8 Å². The van der Waals surface area contributed by atoms with Crippen LogP contribution in [0.2, 0.25) is 0 Å². The third-order valence-electron chi connectivity index (χ3n) is 4.14. The molecule has 2 aromatic rings. The number of carbonyl (C=O) groups is 2. The van der Waals surface area contributed by atoms with Crippen LogP contribution in [0.4, 0.5) is 22.7 Å². The molecule has 0 amide bonds. The molecule has 0 heterocycles. The Morgan fingerprint density at radius 1 is 0.935 bits per heavy atom. The number of carbonyl (C=O) groups excluding carboxylic acids is 2. The van der Waals surface area contributed by atoms with Crippen LogP contribution in [0.5, 0.6) is 0 Å². The fourth-order valence-electron chi connectivity index (χ4n) is 2.53. The molecule has 10 nitrogen and oxygen atoms in total. The average Bonchev–Trinajstić information content (AvgIpc) is 2.77. The number of ether oxygens (including phenoxy) is 2. The normalized spacial score (nSPS) is 10.6. The molecular formula is C21H24N4O6. The number of rotatable bonds is 11. The molecule has 0 radical (unpaired) electrons. The number of nitro benzene ring substituents is 1. The molecule has 31 heavy (non-hydrogen) atoms. The van der Waals surface area contributed by atoms with Crippen molar-refractivity contribution in [2.45, 2.75) is 20.3 Å². The minimum Gasteiger partial charge on any atom is -0.464 e. The summed E-state index contributed by atoms with van der Waals surface area (Å²) in [7, 11) is 0. The summed E-state index contributed by atoms with van der Waals surface area (Å²) < 4.78 is 10.2. The molecule has 0 bridgehead atoms. The summed E-state index contributed by atoms with van der Waals surface area (Å²) in [6.07, 6.45) is 0.307. The van der Waals surface area contributed by atoms with Gasteiger partial charge in [0.25, 0.3) is 5.69 Å². The summed E-state index contributed by atoms with van der Waals surface area (Å²) in [5.74, 6) is -0.638. The fraction of sp³-hybridized carbons (Fsp3) is 0.333. The molecule has 2 rings (SSSR count). The minimum atomic E-state index is -0.476. The molecule has 0 saturated heterocycles. The standard InChI is InChI=1S/C21H24N4O6/c1-3-21(27)31-15-13-24(12-14-30-16(2)26)19-8-4-17(5-9-19)22-23-18-6-10-20(11-7-18)25(28)29/h4-11H,3,12-15H2,1-2H3/b23-22+. The number of anilines is 1. The molecule has 0 unspecified atom stereocenters. The van der Waals surface area contributed by atoms with Gasteiger partial charge in [0, 0.05) is 31.2 Å². The van der Waals surface area contributed by atoms with Gasteiger partial charge in [0.15, 0.2) is 0 Å². The molecule has 0 atom stereocenters. The molecule has 0 N–H and O–H groups in total. The molecule has 0 aliphatic carbocycles. The lowest BCUT2D eigenvalue weighted by Crippen LogP contribution is -2.31. The van der Waals surface area contributed by atoms with Gasteiger partial charge in [-0.15, -0.1) is 0 Å². The van der Waals surface area contributed by atoms with Gasteiger partial charge >= 0.3 is 11.9 Å². The minimum absolute atomic E-state index is 0.0123. The van der Waals surface area contributed by atoms with Gasteiger partial charge in [-0.1, -0.05) is 6.92 Å². The number of benzene rings is 2. The molecule has 0 aliphatic heterocycles. The van der Waals surface area contributed by atoms with Crippen LogP contribution in [0.15, 0.2) is 58.8 Å². The van der Waals surface area contributed by atoms with Crippen molar-refractivity contribution in [3.05, 3.63) is 58.6 Å². The summed E-state index contributed by atoms with van der Waals surface area (Å²) in [5.41, 5.74) is 1.92. The van der Waals surface area contributed by atoms with Crippen LogP contribution >= 0.6 is 0 Å². The van der Waals surface area contributed by atoms with E-state index in [4.69, 9.17) is 9.47 Å². The van der Waals surface area contributed by atoms with Crippen molar-refractivity contribution in [3.63, 3.8) is 0 Å². The number of esters is 2. The zero-order valence-corrected chi connectivity index (χ0v) is 17.4. The van der Waals surface area contributed by atoms with E-state index >= 15 is 0 Å². The van der Waals surface area contributed by atoms with Crippen molar-refractivity contribution in [1.29, 1.82) is 0 Å². The maximum Gasteiger partial charge on any atom is 0.305 e. The van der Waals surface area contributed by atoms with Gasteiger partial charge in [-0.2, -0.15) is 10.2 Å². The lowest BCUT2D eigenvalue weighted by Gasteiger charge is -2.24. The highest BCUT2D eigenvalue weighted by atomic mass is 16.6. The summed E-state index contributed by atoms with van der Waals surface area (Å²) in [4.78, 5) is 34.5. The number of nitro groups is 1. The van der Waals surface area contributed by atoms with E-state index < -0.39 is 4.92 Å². The first-order chi connectivity index (χ1) is 14.9. The second kappa shape index (κ2) is 12.0. The Labute approximate surface area is 179 Å². The van der Waals surface area contributed by atoms with E-state index in [1.807, 2.05) is 17.0 Å². The topological polar surface area (TPSA) is 124 Å². The third kappa shape index (κ3) is 8.21. The monoisotopic (exact) mass is 428 g/mol. The first kappa shape index (κ1) is 23.5. The zero-order chi connectivity index (χ0) is 22.6. The van der Waals surface area contributed by atoms with Crippen LogP contribution in [0.25, 0.3) is 0 Å². The highest BCUT2D eigenvalue weighted by Gasteiger charge is 2.09. The summed E-state index contributed by atoms with van der Waals surface area (Å²) in [6, 6.07) is 13.0. The van der Waals surface area contributed by atoms with Gasteiger partial charge in [-0.25, -0.2) is 0 Å². The lowest BCUT2D eigenvalue weighted by molar-refractivity contribution is -0.384. The van der Waals surface area contributed by atoms with E-state index in [2.05, 4.69) is 10.2 Å². The van der Waals surface area contributed by atoms with Crippen molar-refractivity contribution in [1.82, 2.24) is 0 Å². The Morgan fingerprint density at radius 2 is 1.45 bits per heavy atom. The molecule has 0 spiro atoms. The number of non-ortho nitro benzene ring substituents is 1. The van der Waals surface area contributed by atoms with Crippen LogP contribution in [0.3, 0.4) is 0 Å². The smallest absolute Gasteiger partial charge is 0.305 e. The van der Waals surface area contributed by atoms with Gasteiger partial charge in [-0.3, -0.25) is 19.7 Å². The van der Waals surface area contributed by atoms with E-state index in [1.54, 1.807) is 19.1 Å². The summed E-state index contributed by atoms with van der Waals surface area (Å²) in [5, 5.41) is 18.9. The zero-order valence-electron chi connectivity index (χ0n) is 17.4. The van der Waals surface area contributed by atoms with Gasteiger partial charge < -0.3 is 14.4 Å². The highest BCUT2D eigenvalue weighted by Crippen LogP contribution is 2.23. The van der Waals surface area contributed by atoms with Gasteiger partial charge in [0.1, 0.15) is 13.2 Å². The first-order valence-corrected chi connectivity index (χ1v) is 9.69. The van der Waals surface area contributed by atoms with Crippen molar-refractivity contribution < 1.29 is 24.0 Å². The second-order valence-electron chi connectivity index (χ2n) is 6.39. The molecule has 0 aromatic heterocycles. The van der Waals surface area contributed by atoms with Crippen LogP contribution in [0.1, 0.15) is 20.3 Å². The largest absolute Gasteiger partial charge is 0.464 e. The van der Waals surface area contributed by atoms with Crippen molar-refractivity contribution >= 4 is 34.7 Å². The number of hydrogen-bond acceptors (Lipinski definition) is 9. The Balaban J connectivity index is 2.02. The predicted molar refractivity (Wildman–Crippen MR) is 114 cm³/mol. The molecule has 0 saturated carbocycles. The quantitative estimate of drug-likeness (QED) is 0.226. The van der Waals surface area contributed by atoms with Crippen LogP contribution in [-0.2, 0) is 19.1 Å². The van der Waals surface area contributed by atoms with Crippen molar-refractivity contribution in [3.8, 4) is 0 Å². The fourth-order valence-corrected chi connectivity index (χ4v) is 2.53. The van der Waals surface area contributed by atoms with Gasteiger partial charge in [0.2, 0.25) is 0 Å². The lowest BCUT2D eigenvalue weighted by atomic mass is 10.2. The Bertz CT molecular complexity index is 912. The van der Waals surface area contributed by atoms with E-state index in [9.17, 15) is 19.7 Å². The second-order valence-corrected chi connectivity index (χ2v) is 6.39. The Morgan fingerprint density at radius 3 is 1.94 bits per heavy atom. The van der Waals surface area contributed by atoms with Gasteiger partial charge in [-0.05, 0) is 36.4 Å². The van der Waals surface area contributed by atoms with Gasteiger partial charge in [0.05, 0.1) is 29.4 Å². The number of nitrogens with zero attached hydrogens (tertiary/aromatic N) is 4. The maximum absolute atomic E-state index is 11.4. The Hall–Kier alpha value is -3.82. The van der Waals surface area contributed by atoms with E-state index in [0.29, 0.717) is 30.9 Å². The molecular weight excluding hydrogens is 404 g/mol. The van der Waals surface area contributed by atoms with Crippen molar-refractivity contribution in [2.24, 2.45) is 10.2 Å². The SMILES string of the molecule is CCC(=O)OCCN(CCOC(C)=O)c1ccc(/N=N/c2ccc([N+](=O)[O-])cc2)cc1. The third-order valence-corrected chi connectivity index (χ3v) is 4.14. The average molecular weight is 428 g/mol. The van der Waals surface area contributed by atoms with Crippen LogP contribution in [0, 0.1) is 10.1 Å². The molecule has 0 aliphatic rings. The number of azo groups is 1. The molecule has 2 aromatic carbocycles. The van der Waals surface area contributed by atoms with E-state index in [0.717, 1.165) is 5.69 Å². The predicted octanol–water partition coefficient (Wildman–Crippen LogP) is 4.33.